The largest absolute Gasteiger partial charge is 0.365 e. The van der Waals surface area contributed by atoms with Crippen molar-refractivity contribution in [3.8, 4) is 0 Å². The number of nitrogens with one attached hydrogen (secondary N) is 2. The number of amides is 5. The molecule has 0 radical (unpaired) electrons. The number of nitrogens with zero attached hydrogens (tertiary/aromatic N) is 1. The number of nitrogens with two attached hydrogens (primary N) is 1. The molecule has 2 aromatic rings. The van der Waals surface area contributed by atoms with Gasteiger partial charge < -0.3 is 16.4 Å². The molecule has 150 valence electrons. The van der Waals surface area contributed by atoms with E-state index in [2.05, 4.69) is 10.6 Å². The van der Waals surface area contributed by atoms with Gasteiger partial charge in [0.2, 0.25) is 5.91 Å². The van der Waals surface area contributed by atoms with Crippen LogP contribution < -0.4 is 16.4 Å². The highest BCUT2D eigenvalue weighted by molar-refractivity contribution is 7.17. The Kier molecular flexibility index (Phi) is 4.62. The molecule has 4 N–H and O–H groups in total. The van der Waals surface area contributed by atoms with E-state index >= 15 is 0 Å². The highest BCUT2D eigenvalue weighted by Gasteiger charge is 2.49. The first kappa shape index (κ1) is 19.1. The minimum atomic E-state index is -1.24. The van der Waals surface area contributed by atoms with E-state index in [1.54, 1.807) is 31.2 Å². The summed E-state index contributed by atoms with van der Waals surface area (Å²) in [7, 11) is 0. The van der Waals surface area contributed by atoms with E-state index in [-0.39, 0.29) is 0 Å². The molecule has 8 nitrogen and oxygen atoms in total. The quantitative estimate of drug-likeness (QED) is 0.648. The number of thiophene rings is 1. The van der Waals surface area contributed by atoms with Crippen LogP contribution in [-0.2, 0) is 28.0 Å². The molecule has 0 spiro atoms. The SMILES string of the molecule is C[C@@]1(c2ccccc2)NC(=O)N(CC(=O)Nc2sc3c(c2C(N)=O)CCC3)C1=O. The van der Waals surface area contributed by atoms with Gasteiger partial charge in [0.25, 0.3) is 11.8 Å². The van der Waals surface area contributed by atoms with Crippen molar-refractivity contribution in [1.29, 1.82) is 0 Å². The van der Waals surface area contributed by atoms with Crippen LogP contribution in [-0.4, -0.2) is 35.2 Å². The zero-order valence-corrected chi connectivity index (χ0v) is 16.6. The summed E-state index contributed by atoms with van der Waals surface area (Å²) in [5.74, 6) is -1.66. The standard InChI is InChI=1S/C20H20N4O4S/c1-20(11-6-3-2-4-7-11)18(27)24(19(28)23-20)10-14(25)22-17-15(16(21)26)12-8-5-9-13(12)29-17/h2-4,6-7H,5,8-10H2,1H3,(H2,21,26)(H,22,25)(H,23,28)/t20-/m0/s1. The molecule has 29 heavy (non-hydrogen) atoms. The number of aryl methyl sites for hydroxylation is 1. The normalized spacial score (nSPS) is 20.5. The molecule has 9 heteroatoms. The third kappa shape index (κ3) is 3.17. The van der Waals surface area contributed by atoms with Crippen molar-refractivity contribution in [3.05, 3.63) is 51.9 Å². The van der Waals surface area contributed by atoms with Gasteiger partial charge in [-0.15, -0.1) is 11.3 Å². The van der Waals surface area contributed by atoms with Crippen molar-refractivity contribution in [2.45, 2.75) is 31.7 Å². The van der Waals surface area contributed by atoms with Crippen LogP contribution in [0.15, 0.2) is 30.3 Å². The monoisotopic (exact) mass is 412 g/mol. The average molecular weight is 412 g/mol. The number of hydrogen-bond donors (Lipinski definition) is 3. The molecule has 1 saturated heterocycles. The maximum atomic E-state index is 12.9. The predicted molar refractivity (Wildman–Crippen MR) is 108 cm³/mol. The summed E-state index contributed by atoms with van der Waals surface area (Å²) < 4.78 is 0. The number of anilines is 1. The number of urea groups is 1. The molecule has 1 aliphatic carbocycles. The number of fused-ring (bicyclic) bond motifs is 1. The van der Waals surface area contributed by atoms with Gasteiger partial charge in [-0.25, -0.2) is 4.79 Å². The van der Waals surface area contributed by atoms with Crippen LogP contribution in [0.5, 0.6) is 0 Å². The van der Waals surface area contributed by atoms with Gasteiger partial charge in [0, 0.05) is 4.88 Å². The first-order valence-electron chi connectivity index (χ1n) is 9.25. The Morgan fingerprint density at radius 3 is 2.66 bits per heavy atom. The van der Waals surface area contributed by atoms with Gasteiger partial charge in [-0.2, -0.15) is 0 Å². The molecule has 2 heterocycles. The third-order valence-electron chi connectivity index (χ3n) is 5.35. The summed E-state index contributed by atoms with van der Waals surface area (Å²) in [6.45, 7) is 1.16. The molecular formula is C20H20N4O4S. The van der Waals surface area contributed by atoms with Gasteiger partial charge >= 0.3 is 6.03 Å². The molecule has 1 aromatic carbocycles. The van der Waals surface area contributed by atoms with Crippen molar-refractivity contribution in [1.82, 2.24) is 10.2 Å². The number of benzene rings is 1. The summed E-state index contributed by atoms with van der Waals surface area (Å²) in [6, 6.07) is 8.21. The van der Waals surface area contributed by atoms with Crippen LogP contribution in [0.2, 0.25) is 0 Å². The van der Waals surface area contributed by atoms with E-state index in [1.807, 2.05) is 6.07 Å². The number of carbonyl (C=O) groups is 4. The van der Waals surface area contributed by atoms with Gasteiger partial charge in [0.15, 0.2) is 0 Å². The topological polar surface area (TPSA) is 122 Å². The van der Waals surface area contributed by atoms with Crippen LogP contribution in [0.4, 0.5) is 9.80 Å². The highest BCUT2D eigenvalue weighted by atomic mass is 32.1. The Hall–Kier alpha value is -3.20. The fraction of sp³-hybridized carbons (Fsp3) is 0.300. The van der Waals surface area contributed by atoms with E-state index in [9.17, 15) is 19.2 Å². The first-order valence-corrected chi connectivity index (χ1v) is 10.1. The fourth-order valence-corrected chi connectivity index (χ4v) is 5.18. The Morgan fingerprint density at radius 1 is 1.24 bits per heavy atom. The summed E-state index contributed by atoms with van der Waals surface area (Å²) >= 11 is 1.32. The van der Waals surface area contributed by atoms with Crippen molar-refractivity contribution < 1.29 is 19.2 Å². The van der Waals surface area contributed by atoms with E-state index in [0.29, 0.717) is 16.1 Å². The minimum Gasteiger partial charge on any atom is -0.365 e. The zero-order valence-electron chi connectivity index (χ0n) is 15.8. The zero-order chi connectivity index (χ0) is 20.8. The Morgan fingerprint density at radius 2 is 1.97 bits per heavy atom. The second-order valence-electron chi connectivity index (χ2n) is 7.29. The first-order chi connectivity index (χ1) is 13.8. The van der Waals surface area contributed by atoms with E-state index in [1.165, 1.54) is 11.3 Å². The van der Waals surface area contributed by atoms with Crippen molar-refractivity contribution >= 4 is 40.1 Å². The average Bonchev–Trinajstić information content (AvgIpc) is 3.31. The van der Waals surface area contributed by atoms with Crippen LogP contribution in [0, 0.1) is 0 Å². The second kappa shape index (κ2) is 7.00. The fourth-order valence-electron chi connectivity index (χ4n) is 3.87. The van der Waals surface area contributed by atoms with E-state index < -0.39 is 35.8 Å². The van der Waals surface area contributed by atoms with E-state index in [4.69, 9.17) is 5.73 Å². The lowest BCUT2D eigenvalue weighted by Crippen LogP contribution is -2.42. The van der Waals surface area contributed by atoms with E-state index in [0.717, 1.165) is 34.6 Å². The summed E-state index contributed by atoms with van der Waals surface area (Å²) in [6.07, 6.45) is 2.55. The Bertz CT molecular complexity index is 1030. The highest BCUT2D eigenvalue weighted by Crippen LogP contribution is 2.39. The molecule has 1 aromatic heterocycles. The van der Waals surface area contributed by atoms with Crippen molar-refractivity contribution in [2.75, 3.05) is 11.9 Å². The van der Waals surface area contributed by atoms with Gasteiger partial charge in [0.05, 0.1) is 5.56 Å². The Labute approximate surface area is 171 Å². The third-order valence-corrected chi connectivity index (χ3v) is 6.56. The maximum absolute atomic E-state index is 12.9. The summed E-state index contributed by atoms with van der Waals surface area (Å²) in [4.78, 5) is 51.7. The maximum Gasteiger partial charge on any atom is 0.325 e. The number of rotatable bonds is 5. The van der Waals surface area contributed by atoms with Gasteiger partial charge in [-0.1, -0.05) is 30.3 Å². The second-order valence-corrected chi connectivity index (χ2v) is 8.39. The van der Waals surface area contributed by atoms with Crippen molar-refractivity contribution in [3.63, 3.8) is 0 Å². The molecule has 4 rings (SSSR count). The molecular weight excluding hydrogens is 392 g/mol. The number of imide groups is 1. The number of primary amides is 1. The Balaban J connectivity index is 1.52. The molecule has 1 atom stereocenters. The smallest absolute Gasteiger partial charge is 0.325 e. The van der Waals surface area contributed by atoms with Gasteiger partial charge in [-0.05, 0) is 37.3 Å². The molecule has 1 aliphatic heterocycles. The molecule has 0 saturated carbocycles. The lowest BCUT2D eigenvalue weighted by atomic mass is 9.92. The summed E-state index contributed by atoms with van der Waals surface area (Å²) in [5, 5.41) is 5.70. The summed E-state index contributed by atoms with van der Waals surface area (Å²) in [5.41, 5.74) is 6.13. The van der Waals surface area contributed by atoms with Crippen LogP contribution in [0.1, 0.15) is 39.7 Å². The molecule has 5 amide bonds. The van der Waals surface area contributed by atoms with Gasteiger partial charge in [-0.3, -0.25) is 19.3 Å². The van der Waals surface area contributed by atoms with Crippen LogP contribution in [0.3, 0.4) is 0 Å². The lowest BCUT2D eigenvalue weighted by Gasteiger charge is -2.22. The van der Waals surface area contributed by atoms with Crippen LogP contribution in [0.25, 0.3) is 0 Å². The molecule has 0 unspecified atom stereocenters. The molecule has 1 fully saturated rings. The molecule has 2 aliphatic rings. The minimum absolute atomic E-state index is 0.335. The lowest BCUT2D eigenvalue weighted by molar-refractivity contribution is -0.133. The van der Waals surface area contributed by atoms with Crippen LogP contribution >= 0.6 is 11.3 Å². The predicted octanol–water partition coefficient (Wildman–Crippen LogP) is 1.74. The van der Waals surface area contributed by atoms with Crippen molar-refractivity contribution in [2.24, 2.45) is 5.73 Å². The molecule has 0 bridgehead atoms. The number of hydrogen-bond acceptors (Lipinski definition) is 5. The van der Waals surface area contributed by atoms with Gasteiger partial charge in [0.1, 0.15) is 17.1 Å². The number of carbonyl (C=O) groups excluding carboxylic acids is 4.